The maximum absolute atomic E-state index is 13.6. The summed E-state index contributed by atoms with van der Waals surface area (Å²) >= 11 is 5.68. The Morgan fingerprint density at radius 3 is 2.71 bits per heavy atom. The van der Waals surface area contributed by atoms with Gasteiger partial charge in [-0.2, -0.15) is 0 Å². The van der Waals surface area contributed by atoms with Crippen molar-refractivity contribution in [3.8, 4) is 0 Å². The summed E-state index contributed by atoms with van der Waals surface area (Å²) in [4.78, 5) is 0. The molecule has 0 amide bonds. The van der Waals surface area contributed by atoms with Crippen molar-refractivity contribution in [1.82, 2.24) is 0 Å². The van der Waals surface area contributed by atoms with Gasteiger partial charge in [0.1, 0.15) is 5.82 Å². The van der Waals surface area contributed by atoms with Crippen LogP contribution in [0.2, 0.25) is 5.02 Å². The summed E-state index contributed by atoms with van der Waals surface area (Å²) in [7, 11) is 1.59. The monoisotopic (exact) mass is 260 g/mol. The number of halogens is 2. The van der Waals surface area contributed by atoms with E-state index in [2.05, 4.69) is 0 Å². The van der Waals surface area contributed by atoms with E-state index in [1.54, 1.807) is 19.2 Å². The van der Waals surface area contributed by atoms with Gasteiger partial charge in [-0.3, -0.25) is 0 Å². The van der Waals surface area contributed by atoms with Crippen LogP contribution in [-0.4, -0.2) is 23.9 Å². The van der Waals surface area contributed by atoms with Gasteiger partial charge in [-0.15, -0.1) is 0 Å². The molecule has 1 rings (SSSR count). The first-order valence-electron chi connectivity index (χ1n) is 5.52. The van der Waals surface area contributed by atoms with E-state index < -0.39 is 17.5 Å². The summed E-state index contributed by atoms with van der Waals surface area (Å²) in [5, 5.41) is 9.98. The molecule has 0 saturated heterocycles. The highest BCUT2D eigenvalue weighted by Gasteiger charge is 2.22. The van der Waals surface area contributed by atoms with E-state index in [0.717, 1.165) is 0 Å². The Hall–Kier alpha value is -0.640. The van der Waals surface area contributed by atoms with Gasteiger partial charge in [-0.1, -0.05) is 23.7 Å². The molecule has 4 heteroatoms. The summed E-state index contributed by atoms with van der Waals surface area (Å²) < 4.78 is 18.8. The molecule has 0 aliphatic heterocycles. The minimum absolute atomic E-state index is 0.0840. The first-order chi connectivity index (χ1) is 7.85. The predicted octanol–water partition coefficient (Wildman–Crippen LogP) is 3.20. The Labute approximate surface area is 106 Å². The average Bonchev–Trinajstić information content (AvgIpc) is 2.24. The lowest BCUT2D eigenvalue weighted by molar-refractivity contribution is -0.0192. The molecule has 1 atom stereocenters. The highest BCUT2D eigenvalue weighted by Crippen LogP contribution is 2.22. The summed E-state index contributed by atoms with van der Waals surface area (Å²) in [5.41, 5.74) is 0.00553. The molecule has 1 aromatic carbocycles. The van der Waals surface area contributed by atoms with E-state index in [9.17, 15) is 9.50 Å². The van der Waals surface area contributed by atoms with E-state index >= 15 is 0 Å². The number of hydrogen-bond donors (Lipinski definition) is 1. The van der Waals surface area contributed by atoms with Crippen molar-refractivity contribution >= 4 is 11.6 Å². The van der Waals surface area contributed by atoms with E-state index in [4.69, 9.17) is 16.3 Å². The highest BCUT2D eigenvalue weighted by molar-refractivity contribution is 6.30. The van der Waals surface area contributed by atoms with Crippen molar-refractivity contribution in [2.24, 2.45) is 0 Å². The smallest absolute Gasteiger partial charge is 0.145 e. The molecule has 0 aromatic heterocycles. The van der Waals surface area contributed by atoms with Gasteiger partial charge in [0.15, 0.2) is 0 Å². The molecule has 1 N–H and O–H groups in total. The minimum Gasteiger partial charge on any atom is -0.393 e. The van der Waals surface area contributed by atoms with Gasteiger partial charge in [0, 0.05) is 20.0 Å². The Kier molecular flexibility index (Phi) is 4.92. The second-order valence-corrected chi connectivity index (χ2v) is 5.15. The fourth-order valence-electron chi connectivity index (χ4n) is 1.68. The minimum atomic E-state index is -0.655. The van der Waals surface area contributed by atoms with Gasteiger partial charge < -0.3 is 9.84 Å². The van der Waals surface area contributed by atoms with Crippen LogP contribution < -0.4 is 0 Å². The largest absolute Gasteiger partial charge is 0.393 e. The Bertz CT molecular complexity index is 380. The van der Waals surface area contributed by atoms with Crippen molar-refractivity contribution in [3.63, 3.8) is 0 Å². The van der Waals surface area contributed by atoms with Crippen molar-refractivity contribution in [2.45, 2.75) is 38.4 Å². The van der Waals surface area contributed by atoms with Crippen LogP contribution in [-0.2, 0) is 11.2 Å². The maximum atomic E-state index is 13.6. The van der Waals surface area contributed by atoms with E-state index in [0.29, 0.717) is 12.0 Å². The van der Waals surface area contributed by atoms with E-state index in [-0.39, 0.29) is 11.4 Å². The van der Waals surface area contributed by atoms with Crippen molar-refractivity contribution < 1.29 is 14.2 Å². The third kappa shape index (κ3) is 4.26. The van der Waals surface area contributed by atoms with Crippen LogP contribution in [0.25, 0.3) is 0 Å². The van der Waals surface area contributed by atoms with Gasteiger partial charge in [-0.05, 0) is 25.5 Å². The molecule has 0 saturated carbocycles. The van der Waals surface area contributed by atoms with Gasteiger partial charge in [-0.25, -0.2) is 4.39 Å². The van der Waals surface area contributed by atoms with Crippen molar-refractivity contribution in [2.75, 3.05) is 7.11 Å². The van der Waals surface area contributed by atoms with Crippen LogP contribution in [0, 0.1) is 5.82 Å². The number of aliphatic hydroxyl groups excluding tert-OH is 1. The second-order valence-electron chi connectivity index (χ2n) is 4.74. The first kappa shape index (κ1) is 14.4. The summed E-state index contributed by atoms with van der Waals surface area (Å²) in [5.74, 6) is -0.455. The molecule has 0 heterocycles. The van der Waals surface area contributed by atoms with Crippen LogP contribution in [0.3, 0.4) is 0 Å². The molecule has 96 valence electrons. The summed E-state index contributed by atoms with van der Waals surface area (Å²) in [6, 6.07) is 4.80. The molecular formula is C13H18ClFO2. The number of rotatable bonds is 5. The quantitative estimate of drug-likeness (QED) is 0.881. The van der Waals surface area contributed by atoms with Crippen LogP contribution in [0.15, 0.2) is 18.2 Å². The molecule has 0 aliphatic carbocycles. The summed E-state index contributed by atoms with van der Waals surface area (Å²) in [6.45, 7) is 3.76. The molecule has 1 unspecified atom stereocenters. The Morgan fingerprint density at radius 1 is 1.47 bits per heavy atom. The molecule has 0 aliphatic rings. The normalized spacial score (nSPS) is 13.8. The number of hydrogen-bond acceptors (Lipinski definition) is 2. The van der Waals surface area contributed by atoms with Crippen molar-refractivity contribution in [1.29, 1.82) is 0 Å². The fraction of sp³-hybridized carbons (Fsp3) is 0.538. The predicted molar refractivity (Wildman–Crippen MR) is 66.8 cm³/mol. The van der Waals surface area contributed by atoms with Crippen molar-refractivity contribution in [3.05, 3.63) is 34.6 Å². The van der Waals surface area contributed by atoms with E-state index in [1.807, 2.05) is 13.8 Å². The van der Waals surface area contributed by atoms with Crippen LogP contribution >= 0.6 is 11.6 Å². The van der Waals surface area contributed by atoms with Gasteiger partial charge in [0.25, 0.3) is 0 Å². The van der Waals surface area contributed by atoms with Gasteiger partial charge in [0.05, 0.1) is 16.7 Å². The van der Waals surface area contributed by atoms with Gasteiger partial charge >= 0.3 is 0 Å². The molecule has 2 nitrogen and oxygen atoms in total. The molecule has 0 radical (unpaired) electrons. The zero-order valence-corrected chi connectivity index (χ0v) is 11.1. The fourth-order valence-corrected chi connectivity index (χ4v) is 1.88. The number of aliphatic hydroxyl groups is 1. The SMILES string of the molecule is COC(C)(C)CC(O)Cc1cccc(Cl)c1F. The van der Waals surface area contributed by atoms with Crippen LogP contribution in [0.5, 0.6) is 0 Å². The molecule has 0 spiro atoms. The zero-order valence-electron chi connectivity index (χ0n) is 10.3. The second kappa shape index (κ2) is 5.80. The number of methoxy groups -OCH3 is 1. The molecular weight excluding hydrogens is 243 g/mol. The lowest BCUT2D eigenvalue weighted by atomic mass is 9.96. The Morgan fingerprint density at radius 2 is 2.12 bits per heavy atom. The maximum Gasteiger partial charge on any atom is 0.145 e. The molecule has 0 fully saturated rings. The third-order valence-corrected chi connectivity index (χ3v) is 3.06. The summed E-state index contributed by atoms with van der Waals surface area (Å²) in [6.07, 6.45) is 0.0205. The van der Waals surface area contributed by atoms with Gasteiger partial charge in [0.2, 0.25) is 0 Å². The highest BCUT2D eigenvalue weighted by atomic mass is 35.5. The number of ether oxygens (including phenoxy) is 1. The zero-order chi connectivity index (χ0) is 13.1. The topological polar surface area (TPSA) is 29.5 Å². The number of benzene rings is 1. The van der Waals surface area contributed by atoms with E-state index in [1.165, 1.54) is 6.07 Å². The van der Waals surface area contributed by atoms with Crippen LogP contribution in [0.1, 0.15) is 25.8 Å². The molecule has 17 heavy (non-hydrogen) atoms. The molecule has 0 bridgehead atoms. The lowest BCUT2D eigenvalue weighted by Crippen LogP contribution is -2.30. The lowest BCUT2D eigenvalue weighted by Gasteiger charge is -2.25. The van der Waals surface area contributed by atoms with Crippen LogP contribution in [0.4, 0.5) is 4.39 Å². The Balaban J connectivity index is 2.68. The molecule has 1 aromatic rings. The standard InChI is InChI=1S/C13H18ClFO2/c1-13(2,17-3)8-10(16)7-9-5-4-6-11(14)12(9)15/h4-6,10,16H,7-8H2,1-3H3. The third-order valence-electron chi connectivity index (χ3n) is 2.77. The first-order valence-corrected chi connectivity index (χ1v) is 5.89. The average molecular weight is 261 g/mol.